The standard InChI is InChI=1S/C7H4ClF2NO/c8-6(12)5-4(7(9)10)2-1-3-11-5/h1-3,7H. The van der Waals surface area contributed by atoms with Crippen molar-refractivity contribution < 1.29 is 13.6 Å². The molecule has 0 spiro atoms. The van der Waals surface area contributed by atoms with Crippen molar-refractivity contribution in [2.24, 2.45) is 0 Å². The lowest BCUT2D eigenvalue weighted by Gasteiger charge is -2.01. The Bertz CT molecular complexity index is 303. The summed E-state index contributed by atoms with van der Waals surface area (Å²) < 4.78 is 24.3. The third-order valence-electron chi connectivity index (χ3n) is 1.26. The summed E-state index contributed by atoms with van der Waals surface area (Å²) in [5.74, 6) is 0. The van der Waals surface area contributed by atoms with Gasteiger partial charge < -0.3 is 0 Å². The van der Waals surface area contributed by atoms with E-state index < -0.39 is 17.2 Å². The second kappa shape index (κ2) is 3.58. The first kappa shape index (κ1) is 9.06. The topological polar surface area (TPSA) is 30.0 Å². The Labute approximate surface area is 72.2 Å². The SMILES string of the molecule is O=C(Cl)c1ncccc1C(F)F. The van der Waals surface area contributed by atoms with Gasteiger partial charge in [0.25, 0.3) is 11.7 Å². The Kier molecular flexibility index (Phi) is 2.70. The zero-order valence-electron chi connectivity index (χ0n) is 5.80. The molecule has 0 amide bonds. The lowest BCUT2D eigenvalue weighted by atomic mass is 10.2. The molecular weight excluding hydrogens is 188 g/mol. The molecule has 1 aromatic rings. The fourth-order valence-corrected chi connectivity index (χ4v) is 0.916. The molecule has 1 aromatic heterocycles. The molecule has 5 heteroatoms. The molecular formula is C7H4ClF2NO. The van der Waals surface area contributed by atoms with E-state index in [4.69, 9.17) is 11.6 Å². The van der Waals surface area contributed by atoms with Crippen LogP contribution in [0.3, 0.4) is 0 Å². The van der Waals surface area contributed by atoms with E-state index in [9.17, 15) is 13.6 Å². The summed E-state index contributed by atoms with van der Waals surface area (Å²) in [6.07, 6.45) is -1.49. The zero-order chi connectivity index (χ0) is 9.14. The molecule has 0 fully saturated rings. The van der Waals surface area contributed by atoms with Gasteiger partial charge >= 0.3 is 0 Å². The van der Waals surface area contributed by atoms with Crippen molar-refractivity contribution in [1.29, 1.82) is 0 Å². The van der Waals surface area contributed by atoms with Crippen LogP contribution in [0, 0.1) is 0 Å². The van der Waals surface area contributed by atoms with Gasteiger partial charge in [0.1, 0.15) is 5.69 Å². The first-order valence-electron chi connectivity index (χ1n) is 3.06. The minimum absolute atomic E-state index is 0.380. The number of hydrogen-bond acceptors (Lipinski definition) is 2. The van der Waals surface area contributed by atoms with Crippen LogP contribution in [-0.4, -0.2) is 10.2 Å². The van der Waals surface area contributed by atoms with E-state index in [-0.39, 0.29) is 5.69 Å². The third kappa shape index (κ3) is 1.76. The first-order chi connectivity index (χ1) is 5.63. The molecule has 1 rings (SSSR count). The van der Waals surface area contributed by atoms with Crippen LogP contribution in [0.25, 0.3) is 0 Å². The van der Waals surface area contributed by atoms with Gasteiger partial charge in [-0.05, 0) is 23.7 Å². The van der Waals surface area contributed by atoms with Crippen LogP contribution in [0.2, 0.25) is 0 Å². The number of alkyl halides is 2. The Hall–Kier alpha value is -1.03. The molecule has 0 saturated heterocycles. The maximum Gasteiger partial charge on any atom is 0.271 e. The largest absolute Gasteiger partial charge is 0.274 e. The van der Waals surface area contributed by atoms with Crippen LogP contribution in [0.5, 0.6) is 0 Å². The zero-order valence-corrected chi connectivity index (χ0v) is 6.55. The number of halogens is 3. The number of carbonyl (C=O) groups is 1. The molecule has 2 nitrogen and oxygen atoms in total. The van der Waals surface area contributed by atoms with Gasteiger partial charge in [0.15, 0.2) is 0 Å². The van der Waals surface area contributed by atoms with Crippen molar-refractivity contribution in [1.82, 2.24) is 4.98 Å². The van der Waals surface area contributed by atoms with Gasteiger partial charge in [-0.25, -0.2) is 8.78 Å². The number of aromatic nitrogens is 1. The maximum absolute atomic E-state index is 12.1. The van der Waals surface area contributed by atoms with Gasteiger partial charge in [0.2, 0.25) is 0 Å². The van der Waals surface area contributed by atoms with Crippen LogP contribution in [-0.2, 0) is 0 Å². The average molecular weight is 192 g/mol. The minimum atomic E-state index is -2.73. The van der Waals surface area contributed by atoms with E-state index in [2.05, 4.69) is 4.98 Å². The van der Waals surface area contributed by atoms with Crippen molar-refractivity contribution in [3.63, 3.8) is 0 Å². The van der Waals surface area contributed by atoms with Gasteiger partial charge in [0.05, 0.1) is 0 Å². The van der Waals surface area contributed by atoms with E-state index in [1.54, 1.807) is 0 Å². The van der Waals surface area contributed by atoms with E-state index >= 15 is 0 Å². The molecule has 0 radical (unpaired) electrons. The van der Waals surface area contributed by atoms with Gasteiger partial charge in [-0.3, -0.25) is 9.78 Å². The van der Waals surface area contributed by atoms with Gasteiger partial charge in [0, 0.05) is 11.8 Å². The molecule has 0 atom stereocenters. The average Bonchev–Trinajstić information content (AvgIpc) is 2.04. The molecule has 0 N–H and O–H groups in total. The Morgan fingerprint density at radius 1 is 1.58 bits per heavy atom. The van der Waals surface area contributed by atoms with Crippen LogP contribution in [0.1, 0.15) is 22.5 Å². The highest BCUT2D eigenvalue weighted by molar-refractivity contribution is 6.67. The fraction of sp³-hybridized carbons (Fsp3) is 0.143. The number of pyridine rings is 1. The van der Waals surface area contributed by atoms with Crippen LogP contribution < -0.4 is 0 Å². The third-order valence-corrected chi connectivity index (χ3v) is 1.44. The maximum atomic E-state index is 12.1. The monoisotopic (exact) mass is 191 g/mol. The Balaban J connectivity index is 3.17. The molecule has 0 aliphatic rings. The van der Waals surface area contributed by atoms with E-state index in [1.165, 1.54) is 12.3 Å². The van der Waals surface area contributed by atoms with Crippen LogP contribution in [0.4, 0.5) is 8.78 Å². The summed E-state index contributed by atoms with van der Waals surface area (Å²) in [7, 11) is 0. The fourth-order valence-electron chi connectivity index (χ4n) is 0.758. The normalized spacial score (nSPS) is 10.3. The summed E-state index contributed by atoms with van der Waals surface area (Å²) in [6.45, 7) is 0. The summed E-state index contributed by atoms with van der Waals surface area (Å²) in [4.78, 5) is 14.0. The molecule has 0 aliphatic carbocycles. The number of rotatable bonds is 2. The minimum Gasteiger partial charge on any atom is -0.274 e. The van der Waals surface area contributed by atoms with E-state index in [1.807, 2.05) is 0 Å². The summed E-state index contributed by atoms with van der Waals surface area (Å²) in [5, 5.41) is -0.967. The van der Waals surface area contributed by atoms with Crippen molar-refractivity contribution in [2.45, 2.75) is 6.43 Å². The van der Waals surface area contributed by atoms with Crippen LogP contribution >= 0.6 is 11.6 Å². The molecule has 0 saturated carbocycles. The predicted molar refractivity (Wildman–Crippen MR) is 39.4 cm³/mol. The molecule has 64 valence electrons. The number of hydrogen-bond donors (Lipinski definition) is 0. The molecule has 0 aromatic carbocycles. The molecule has 0 unspecified atom stereocenters. The van der Waals surface area contributed by atoms with Crippen molar-refractivity contribution in [3.8, 4) is 0 Å². The van der Waals surface area contributed by atoms with Crippen molar-refractivity contribution in [3.05, 3.63) is 29.6 Å². The second-order valence-electron chi connectivity index (χ2n) is 2.02. The van der Waals surface area contributed by atoms with E-state index in [0.717, 1.165) is 6.07 Å². The highest BCUT2D eigenvalue weighted by Crippen LogP contribution is 2.21. The van der Waals surface area contributed by atoms with Crippen molar-refractivity contribution >= 4 is 16.8 Å². The van der Waals surface area contributed by atoms with Gasteiger partial charge in [-0.15, -0.1) is 0 Å². The lowest BCUT2D eigenvalue weighted by Crippen LogP contribution is -2.00. The predicted octanol–water partition coefficient (Wildman–Crippen LogP) is 2.40. The highest BCUT2D eigenvalue weighted by atomic mass is 35.5. The Morgan fingerprint density at radius 2 is 2.25 bits per heavy atom. The summed E-state index contributed by atoms with van der Waals surface area (Å²) in [6, 6.07) is 2.44. The molecule has 12 heavy (non-hydrogen) atoms. The molecule has 0 aliphatic heterocycles. The van der Waals surface area contributed by atoms with E-state index in [0.29, 0.717) is 0 Å². The summed E-state index contributed by atoms with van der Waals surface area (Å²) >= 11 is 5.02. The lowest BCUT2D eigenvalue weighted by molar-refractivity contribution is 0.106. The number of carbonyl (C=O) groups excluding carboxylic acids is 1. The summed E-state index contributed by atoms with van der Waals surface area (Å²) in [5.41, 5.74) is -0.813. The quantitative estimate of drug-likeness (QED) is 0.672. The van der Waals surface area contributed by atoms with Gasteiger partial charge in [-0.2, -0.15) is 0 Å². The highest BCUT2D eigenvalue weighted by Gasteiger charge is 2.17. The van der Waals surface area contributed by atoms with Gasteiger partial charge in [-0.1, -0.05) is 0 Å². The van der Waals surface area contributed by atoms with Crippen LogP contribution in [0.15, 0.2) is 18.3 Å². The number of nitrogens with zero attached hydrogens (tertiary/aromatic N) is 1. The van der Waals surface area contributed by atoms with Crippen molar-refractivity contribution in [2.75, 3.05) is 0 Å². The smallest absolute Gasteiger partial charge is 0.271 e. The molecule has 1 heterocycles. The first-order valence-corrected chi connectivity index (χ1v) is 3.43. The second-order valence-corrected chi connectivity index (χ2v) is 2.36. The Morgan fingerprint density at radius 3 is 2.67 bits per heavy atom. The molecule has 0 bridgehead atoms.